The van der Waals surface area contributed by atoms with Gasteiger partial charge >= 0.3 is 5.97 Å². The Hall–Kier alpha value is -2.31. The van der Waals surface area contributed by atoms with Gasteiger partial charge in [0.15, 0.2) is 0 Å². The van der Waals surface area contributed by atoms with Gasteiger partial charge in [-0.15, -0.1) is 0 Å². The first kappa shape index (κ1) is 24.1. The third-order valence-electron chi connectivity index (χ3n) is 8.43. The summed E-state index contributed by atoms with van der Waals surface area (Å²) in [6.07, 6.45) is 13.7. The molecule has 1 saturated heterocycles. The number of hydrogen-bond donors (Lipinski definition) is 1. The van der Waals surface area contributed by atoms with Crippen molar-refractivity contribution in [2.75, 3.05) is 19.7 Å². The van der Waals surface area contributed by atoms with Crippen molar-refractivity contribution in [1.29, 1.82) is 0 Å². The summed E-state index contributed by atoms with van der Waals surface area (Å²) in [6, 6.07) is 8.01. The molecule has 3 aliphatic carbocycles. The maximum atomic E-state index is 12.4. The van der Waals surface area contributed by atoms with Crippen LogP contribution >= 0.6 is 0 Å². The Morgan fingerprint density at radius 3 is 2.64 bits per heavy atom. The van der Waals surface area contributed by atoms with Crippen molar-refractivity contribution in [2.45, 2.75) is 101 Å². The van der Waals surface area contributed by atoms with Gasteiger partial charge in [-0.2, -0.15) is 0 Å². The summed E-state index contributed by atoms with van der Waals surface area (Å²) in [5.74, 6) is 0.267. The number of fused-ring (bicyclic) bond motifs is 1. The van der Waals surface area contributed by atoms with Crippen LogP contribution in [0.15, 0.2) is 24.3 Å². The quantitative estimate of drug-likeness (QED) is 0.429. The number of ether oxygens (including phenoxy) is 1. The van der Waals surface area contributed by atoms with Crippen molar-refractivity contribution in [3.8, 4) is 0 Å². The molecule has 36 heavy (non-hydrogen) atoms. The lowest BCUT2D eigenvalue weighted by molar-refractivity contribution is -0.143. The van der Waals surface area contributed by atoms with Gasteiger partial charge in [0, 0.05) is 59.9 Å². The van der Waals surface area contributed by atoms with Crippen molar-refractivity contribution >= 4 is 5.97 Å². The van der Waals surface area contributed by atoms with Crippen LogP contribution in [0, 0.1) is 0 Å². The van der Waals surface area contributed by atoms with E-state index in [-0.39, 0.29) is 6.10 Å². The fraction of sp³-hybridized carbons (Fsp3) is 0.633. The number of aliphatic carboxylic acids is 1. The second-order valence-electron chi connectivity index (χ2n) is 11.3. The highest BCUT2D eigenvalue weighted by atomic mass is 16.5. The van der Waals surface area contributed by atoms with E-state index in [9.17, 15) is 9.90 Å². The summed E-state index contributed by atoms with van der Waals surface area (Å²) in [7, 11) is 0. The van der Waals surface area contributed by atoms with Gasteiger partial charge in [0.1, 0.15) is 6.04 Å². The molecule has 3 fully saturated rings. The number of pyridine rings is 2. The summed E-state index contributed by atoms with van der Waals surface area (Å²) in [5, 5.41) is 10.2. The van der Waals surface area contributed by atoms with Gasteiger partial charge in [0.25, 0.3) is 0 Å². The van der Waals surface area contributed by atoms with Crippen LogP contribution in [0.4, 0.5) is 0 Å². The molecule has 3 heterocycles. The number of carboxylic acids is 1. The highest BCUT2D eigenvalue weighted by Gasteiger charge is 2.39. The Kier molecular flexibility index (Phi) is 7.07. The van der Waals surface area contributed by atoms with Gasteiger partial charge in [0.05, 0.1) is 6.10 Å². The molecule has 6 nitrogen and oxygen atoms in total. The summed E-state index contributed by atoms with van der Waals surface area (Å²) in [5.41, 5.74) is 7.09. The summed E-state index contributed by atoms with van der Waals surface area (Å²) in [6.45, 7) is 2.17. The molecular formula is C30H39N3O3. The van der Waals surface area contributed by atoms with Crippen molar-refractivity contribution in [3.63, 3.8) is 0 Å². The zero-order chi connectivity index (χ0) is 24.5. The number of hydrogen-bond acceptors (Lipinski definition) is 5. The predicted octanol–water partition coefficient (Wildman–Crippen LogP) is 5.35. The fourth-order valence-corrected chi connectivity index (χ4v) is 6.06. The molecule has 0 bridgehead atoms. The van der Waals surface area contributed by atoms with E-state index in [0.29, 0.717) is 18.4 Å². The second-order valence-corrected chi connectivity index (χ2v) is 11.3. The van der Waals surface area contributed by atoms with Crippen molar-refractivity contribution in [2.24, 2.45) is 0 Å². The van der Waals surface area contributed by atoms with Gasteiger partial charge in [-0.25, -0.2) is 0 Å². The zero-order valence-electron chi connectivity index (χ0n) is 21.3. The zero-order valence-corrected chi connectivity index (χ0v) is 21.3. The maximum Gasteiger partial charge on any atom is 0.325 e. The molecule has 192 valence electrons. The molecule has 0 amide bonds. The largest absolute Gasteiger partial charge is 0.480 e. The molecule has 0 spiro atoms. The molecule has 0 aromatic carbocycles. The molecule has 6 rings (SSSR count). The van der Waals surface area contributed by atoms with E-state index in [1.807, 2.05) is 0 Å². The summed E-state index contributed by atoms with van der Waals surface area (Å²) >= 11 is 0. The van der Waals surface area contributed by atoms with Crippen LogP contribution in [-0.2, 0) is 28.8 Å². The lowest BCUT2D eigenvalue weighted by atomic mass is 9.95. The van der Waals surface area contributed by atoms with Gasteiger partial charge in [-0.3, -0.25) is 19.7 Å². The van der Waals surface area contributed by atoms with Gasteiger partial charge in [0.2, 0.25) is 0 Å². The molecule has 2 saturated carbocycles. The monoisotopic (exact) mass is 489 g/mol. The SMILES string of the molecule is O=C(O)C(c1ccc(C2CC2)nc1C1CC1)N1CC[C@@H](OCCCCc2ccc3c(n2)CCCC3)C1. The van der Waals surface area contributed by atoms with Crippen LogP contribution in [0.1, 0.15) is 110 Å². The lowest BCUT2D eigenvalue weighted by Gasteiger charge is -2.26. The average Bonchev–Trinajstić information content (AvgIpc) is 3.82. The van der Waals surface area contributed by atoms with E-state index < -0.39 is 12.0 Å². The Morgan fingerprint density at radius 1 is 1.00 bits per heavy atom. The Balaban J connectivity index is 1.00. The van der Waals surface area contributed by atoms with Crippen molar-refractivity contribution < 1.29 is 14.6 Å². The third-order valence-corrected chi connectivity index (χ3v) is 8.43. The van der Waals surface area contributed by atoms with Crippen LogP contribution < -0.4 is 0 Å². The van der Waals surface area contributed by atoms with E-state index in [1.54, 1.807) is 0 Å². The number of carbonyl (C=O) groups is 1. The smallest absolute Gasteiger partial charge is 0.325 e. The standard InChI is InChI=1S/C30H39N3O3/c34-30(35)29(25-14-15-27(21-8-9-21)32-28(25)22-10-11-22)33-17-16-24(19-33)36-18-4-3-6-23-13-12-20-5-1-2-7-26(20)31-23/h12-15,21-22,24,29H,1-11,16-19H2,(H,34,35)/t24-,29?/m1/s1. The normalized spacial score (nSPS) is 22.9. The molecule has 4 aliphatic rings. The first-order valence-corrected chi connectivity index (χ1v) is 14.2. The number of carboxylic acid groups (broad SMARTS) is 1. The molecule has 0 radical (unpaired) electrons. The first-order valence-electron chi connectivity index (χ1n) is 14.2. The van der Waals surface area contributed by atoms with Crippen LogP contribution in [0.3, 0.4) is 0 Å². The minimum Gasteiger partial charge on any atom is -0.480 e. The number of aryl methyl sites for hydroxylation is 3. The third kappa shape index (κ3) is 5.50. The van der Waals surface area contributed by atoms with E-state index >= 15 is 0 Å². The molecule has 2 aromatic heterocycles. The minimum atomic E-state index is -0.768. The fourth-order valence-electron chi connectivity index (χ4n) is 6.06. The highest BCUT2D eigenvalue weighted by Crippen LogP contribution is 2.46. The van der Waals surface area contributed by atoms with E-state index in [4.69, 9.17) is 14.7 Å². The van der Waals surface area contributed by atoms with Crippen molar-refractivity contribution in [1.82, 2.24) is 14.9 Å². The number of unbranched alkanes of at least 4 members (excludes halogenated alkanes) is 1. The molecular weight excluding hydrogens is 450 g/mol. The number of likely N-dealkylation sites (tertiary alicyclic amines) is 1. The van der Waals surface area contributed by atoms with Gasteiger partial charge in [-0.1, -0.05) is 12.1 Å². The van der Waals surface area contributed by atoms with Gasteiger partial charge in [-0.05, 0) is 94.7 Å². The Bertz CT molecular complexity index is 1090. The summed E-state index contributed by atoms with van der Waals surface area (Å²) < 4.78 is 6.21. The Morgan fingerprint density at radius 2 is 1.83 bits per heavy atom. The van der Waals surface area contributed by atoms with E-state index in [0.717, 1.165) is 75.0 Å². The predicted molar refractivity (Wildman–Crippen MR) is 138 cm³/mol. The minimum absolute atomic E-state index is 0.108. The van der Waals surface area contributed by atoms with Crippen LogP contribution in [0.25, 0.3) is 0 Å². The topological polar surface area (TPSA) is 75.5 Å². The number of nitrogens with zero attached hydrogens (tertiary/aromatic N) is 3. The molecule has 1 unspecified atom stereocenters. The number of rotatable bonds is 11. The highest BCUT2D eigenvalue weighted by molar-refractivity contribution is 5.76. The van der Waals surface area contributed by atoms with Crippen LogP contribution in [0.5, 0.6) is 0 Å². The summed E-state index contributed by atoms with van der Waals surface area (Å²) in [4.78, 5) is 24.4. The molecule has 6 heteroatoms. The lowest BCUT2D eigenvalue weighted by Crippen LogP contribution is -2.34. The second kappa shape index (κ2) is 10.6. The van der Waals surface area contributed by atoms with Gasteiger partial charge < -0.3 is 9.84 Å². The average molecular weight is 490 g/mol. The molecule has 2 atom stereocenters. The number of aromatic nitrogens is 2. The molecule has 1 N–H and O–H groups in total. The van der Waals surface area contributed by atoms with Crippen molar-refractivity contribution in [3.05, 3.63) is 58.2 Å². The Labute approximate surface area is 214 Å². The van der Waals surface area contributed by atoms with E-state index in [1.165, 1.54) is 49.1 Å². The van der Waals surface area contributed by atoms with E-state index in [2.05, 4.69) is 29.2 Å². The van der Waals surface area contributed by atoms with Crippen LogP contribution in [0.2, 0.25) is 0 Å². The molecule has 2 aromatic rings. The first-order chi connectivity index (χ1) is 17.7. The van der Waals surface area contributed by atoms with Crippen LogP contribution in [-0.4, -0.2) is 51.7 Å². The molecule has 1 aliphatic heterocycles. The maximum absolute atomic E-state index is 12.4.